The van der Waals surface area contributed by atoms with Gasteiger partial charge in [-0.2, -0.15) is 0 Å². The van der Waals surface area contributed by atoms with Gasteiger partial charge in [-0.25, -0.2) is 0 Å². The van der Waals surface area contributed by atoms with Gasteiger partial charge in [-0.1, -0.05) is 11.6 Å². The molecule has 0 aliphatic heterocycles. The van der Waals surface area contributed by atoms with Crippen LogP contribution in [0.15, 0.2) is 29.2 Å². The van der Waals surface area contributed by atoms with Crippen molar-refractivity contribution in [2.75, 3.05) is 5.75 Å². The molecule has 3 nitrogen and oxygen atoms in total. The lowest BCUT2D eigenvalue weighted by atomic mass is 9.95. The van der Waals surface area contributed by atoms with Crippen LogP contribution < -0.4 is 11.1 Å². The van der Waals surface area contributed by atoms with Crippen LogP contribution in [0.5, 0.6) is 0 Å². The molecule has 20 heavy (non-hydrogen) atoms. The SMILES string of the molecule is CC(CCCSc1ccc(Cl)cc1)(NC1CC1)C(N)=O. The number of amides is 1. The summed E-state index contributed by atoms with van der Waals surface area (Å²) in [5.74, 6) is 0.720. The van der Waals surface area contributed by atoms with E-state index in [0.29, 0.717) is 6.04 Å². The fraction of sp³-hybridized carbons (Fsp3) is 0.533. The van der Waals surface area contributed by atoms with Gasteiger partial charge in [0.2, 0.25) is 5.91 Å². The van der Waals surface area contributed by atoms with Crippen molar-refractivity contribution in [2.45, 2.75) is 49.1 Å². The first-order valence-corrected chi connectivity index (χ1v) is 8.32. The Labute approximate surface area is 129 Å². The Morgan fingerprint density at radius 3 is 2.65 bits per heavy atom. The first kappa shape index (κ1) is 15.7. The number of nitrogens with two attached hydrogens (primary N) is 1. The van der Waals surface area contributed by atoms with E-state index in [1.807, 2.05) is 31.2 Å². The highest BCUT2D eigenvalue weighted by Gasteiger charge is 2.36. The predicted octanol–water partition coefficient (Wildman–Crippen LogP) is 3.21. The zero-order valence-corrected chi connectivity index (χ0v) is 13.3. The largest absolute Gasteiger partial charge is 0.368 e. The van der Waals surface area contributed by atoms with Crippen molar-refractivity contribution < 1.29 is 4.79 Å². The third kappa shape index (κ3) is 4.69. The Balaban J connectivity index is 1.75. The normalized spacial score (nSPS) is 17.7. The molecule has 1 fully saturated rings. The maximum absolute atomic E-state index is 11.6. The van der Waals surface area contributed by atoms with Gasteiger partial charge in [0.15, 0.2) is 0 Å². The molecule has 1 unspecified atom stereocenters. The zero-order chi connectivity index (χ0) is 14.6. The Hall–Kier alpha value is -0.710. The second-order valence-electron chi connectivity index (χ2n) is 5.52. The molecule has 1 amide bonds. The van der Waals surface area contributed by atoms with Crippen molar-refractivity contribution >= 4 is 29.3 Å². The number of primary amides is 1. The summed E-state index contributed by atoms with van der Waals surface area (Å²) < 4.78 is 0. The average Bonchev–Trinajstić information content (AvgIpc) is 3.20. The molecule has 0 bridgehead atoms. The summed E-state index contributed by atoms with van der Waals surface area (Å²) in [5.41, 5.74) is 4.97. The van der Waals surface area contributed by atoms with Crippen molar-refractivity contribution in [1.29, 1.82) is 0 Å². The summed E-state index contributed by atoms with van der Waals surface area (Å²) in [7, 11) is 0. The van der Waals surface area contributed by atoms with Gasteiger partial charge >= 0.3 is 0 Å². The fourth-order valence-electron chi connectivity index (χ4n) is 2.09. The van der Waals surface area contributed by atoms with E-state index in [4.69, 9.17) is 17.3 Å². The quantitative estimate of drug-likeness (QED) is 0.572. The zero-order valence-electron chi connectivity index (χ0n) is 11.7. The van der Waals surface area contributed by atoms with Crippen LogP contribution in [0.1, 0.15) is 32.6 Å². The lowest BCUT2D eigenvalue weighted by Crippen LogP contribution is -2.54. The van der Waals surface area contributed by atoms with E-state index in [0.717, 1.165) is 36.5 Å². The molecule has 1 aliphatic carbocycles. The van der Waals surface area contributed by atoms with Crippen LogP contribution in [0.2, 0.25) is 5.02 Å². The van der Waals surface area contributed by atoms with Gasteiger partial charge in [-0.15, -0.1) is 11.8 Å². The Morgan fingerprint density at radius 1 is 1.45 bits per heavy atom. The van der Waals surface area contributed by atoms with Crippen LogP contribution in [0.25, 0.3) is 0 Å². The van der Waals surface area contributed by atoms with E-state index in [1.54, 1.807) is 11.8 Å². The van der Waals surface area contributed by atoms with Crippen LogP contribution >= 0.6 is 23.4 Å². The summed E-state index contributed by atoms with van der Waals surface area (Å²) in [6.45, 7) is 1.92. The van der Waals surface area contributed by atoms with E-state index in [-0.39, 0.29) is 5.91 Å². The summed E-state index contributed by atoms with van der Waals surface area (Å²) in [6, 6.07) is 8.31. The number of thioether (sulfide) groups is 1. The molecule has 5 heteroatoms. The Bertz CT molecular complexity index is 461. The van der Waals surface area contributed by atoms with Gasteiger partial charge in [-0.05, 0) is 62.6 Å². The molecule has 0 saturated heterocycles. The summed E-state index contributed by atoms with van der Waals surface area (Å²) in [6.07, 6.45) is 4.04. The minimum Gasteiger partial charge on any atom is -0.368 e. The third-order valence-electron chi connectivity index (χ3n) is 3.55. The molecule has 1 aromatic rings. The molecule has 0 aromatic heterocycles. The molecule has 0 radical (unpaired) electrons. The smallest absolute Gasteiger partial charge is 0.237 e. The number of benzene rings is 1. The molecule has 110 valence electrons. The van der Waals surface area contributed by atoms with Crippen molar-refractivity contribution in [3.63, 3.8) is 0 Å². The molecule has 1 aliphatic rings. The van der Waals surface area contributed by atoms with Crippen LogP contribution in [0, 0.1) is 0 Å². The lowest BCUT2D eigenvalue weighted by molar-refractivity contribution is -0.124. The van der Waals surface area contributed by atoms with E-state index in [1.165, 1.54) is 4.90 Å². The van der Waals surface area contributed by atoms with Gasteiger partial charge in [-0.3, -0.25) is 4.79 Å². The minimum atomic E-state index is -0.568. The Kier molecular flexibility index (Phi) is 5.35. The average molecular weight is 313 g/mol. The number of carbonyl (C=O) groups is 1. The molecule has 2 rings (SSSR count). The van der Waals surface area contributed by atoms with Gasteiger partial charge in [0, 0.05) is 16.0 Å². The highest BCUT2D eigenvalue weighted by atomic mass is 35.5. The molecule has 1 atom stereocenters. The standard InChI is InChI=1S/C15H21ClN2OS/c1-15(14(17)19,18-12-5-6-12)9-2-10-20-13-7-3-11(16)4-8-13/h3-4,7-8,12,18H,2,5-6,9-10H2,1H3,(H2,17,19). The highest BCUT2D eigenvalue weighted by molar-refractivity contribution is 7.99. The van der Waals surface area contributed by atoms with E-state index in [2.05, 4.69) is 5.32 Å². The second kappa shape index (κ2) is 6.83. The summed E-state index contributed by atoms with van der Waals surface area (Å²) in [4.78, 5) is 12.8. The van der Waals surface area contributed by atoms with Gasteiger partial charge in [0.05, 0.1) is 5.54 Å². The van der Waals surface area contributed by atoms with Gasteiger partial charge < -0.3 is 11.1 Å². The number of hydrogen-bond donors (Lipinski definition) is 2. The van der Waals surface area contributed by atoms with Gasteiger partial charge in [0.1, 0.15) is 0 Å². The number of carbonyl (C=O) groups excluding carboxylic acids is 1. The summed E-state index contributed by atoms with van der Waals surface area (Å²) in [5, 5.41) is 4.13. The Morgan fingerprint density at radius 2 is 2.10 bits per heavy atom. The minimum absolute atomic E-state index is 0.249. The first-order chi connectivity index (χ1) is 9.49. The molecule has 0 spiro atoms. The number of rotatable bonds is 8. The van der Waals surface area contributed by atoms with Crippen LogP contribution in [-0.2, 0) is 4.79 Å². The second-order valence-corrected chi connectivity index (χ2v) is 7.13. The summed E-state index contributed by atoms with van der Waals surface area (Å²) >= 11 is 7.63. The molecular weight excluding hydrogens is 292 g/mol. The topological polar surface area (TPSA) is 55.1 Å². The van der Waals surface area contributed by atoms with Crippen molar-refractivity contribution in [1.82, 2.24) is 5.32 Å². The molecular formula is C15H21ClN2OS. The van der Waals surface area contributed by atoms with Gasteiger partial charge in [0.25, 0.3) is 0 Å². The maximum atomic E-state index is 11.6. The first-order valence-electron chi connectivity index (χ1n) is 6.95. The van der Waals surface area contributed by atoms with Crippen molar-refractivity contribution in [2.24, 2.45) is 5.73 Å². The van der Waals surface area contributed by atoms with Crippen molar-refractivity contribution in [3.8, 4) is 0 Å². The lowest BCUT2D eigenvalue weighted by Gasteiger charge is -2.27. The third-order valence-corrected chi connectivity index (χ3v) is 4.90. The molecule has 3 N–H and O–H groups in total. The fourth-order valence-corrected chi connectivity index (χ4v) is 3.07. The van der Waals surface area contributed by atoms with Crippen LogP contribution in [0.3, 0.4) is 0 Å². The molecule has 1 aromatic carbocycles. The number of halogens is 1. The maximum Gasteiger partial charge on any atom is 0.237 e. The molecule has 1 saturated carbocycles. The number of nitrogens with one attached hydrogen (secondary N) is 1. The molecule has 0 heterocycles. The van der Waals surface area contributed by atoms with E-state index < -0.39 is 5.54 Å². The van der Waals surface area contributed by atoms with Crippen LogP contribution in [-0.4, -0.2) is 23.2 Å². The van der Waals surface area contributed by atoms with Crippen molar-refractivity contribution in [3.05, 3.63) is 29.3 Å². The van der Waals surface area contributed by atoms with E-state index in [9.17, 15) is 4.79 Å². The number of hydrogen-bond acceptors (Lipinski definition) is 3. The highest BCUT2D eigenvalue weighted by Crippen LogP contribution is 2.26. The predicted molar refractivity (Wildman–Crippen MR) is 85.2 cm³/mol. The van der Waals surface area contributed by atoms with Crippen LogP contribution in [0.4, 0.5) is 0 Å². The monoisotopic (exact) mass is 312 g/mol. The van der Waals surface area contributed by atoms with E-state index >= 15 is 0 Å².